The molecule has 0 amide bonds. The van der Waals surface area contributed by atoms with Crippen molar-refractivity contribution in [3.8, 4) is 0 Å². The molecule has 0 fully saturated rings. The van der Waals surface area contributed by atoms with Gasteiger partial charge in [-0.15, -0.1) is 0 Å². The Morgan fingerprint density at radius 2 is 2.31 bits per heavy atom. The quantitative estimate of drug-likeness (QED) is 0.758. The lowest BCUT2D eigenvalue weighted by molar-refractivity contribution is 0.263. The summed E-state index contributed by atoms with van der Waals surface area (Å²) in [5.74, 6) is 0.108. The highest BCUT2D eigenvalue weighted by atomic mass is 32.2. The maximum absolute atomic E-state index is 11.7. The molecule has 1 heterocycles. The molecule has 1 aromatic heterocycles. The summed E-state index contributed by atoms with van der Waals surface area (Å²) >= 11 is 0. The van der Waals surface area contributed by atoms with Gasteiger partial charge in [0.2, 0.25) is 10.0 Å². The normalized spacial score (nSPS) is 13.6. The summed E-state index contributed by atoms with van der Waals surface area (Å²) in [6, 6.07) is 3.07. The molecule has 1 unspecified atom stereocenters. The molecular weight excluding hydrogens is 228 g/mol. The number of nitrogens with zero attached hydrogens (tertiary/aromatic N) is 1. The number of pyridine rings is 1. The molecule has 0 saturated heterocycles. The van der Waals surface area contributed by atoms with E-state index in [1.54, 1.807) is 6.07 Å². The average Bonchev–Trinajstić information content (AvgIpc) is 2.28. The summed E-state index contributed by atoms with van der Waals surface area (Å²) in [5, 5.41) is 8.70. The second kappa shape index (κ2) is 5.93. The molecule has 6 heteroatoms. The zero-order valence-corrected chi connectivity index (χ0v) is 9.94. The minimum absolute atomic E-state index is 0.0653. The number of aliphatic hydroxyl groups excluding tert-OH is 1. The molecule has 90 valence electrons. The van der Waals surface area contributed by atoms with E-state index >= 15 is 0 Å². The largest absolute Gasteiger partial charge is 0.396 e. The van der Waals surface area contributed by atoms with Crippen LogP contribution in [0.15, 0.2) is 29.4 Å². The summed E-state index contributed by atoms with van der Waals surface area (Å²) in [4.78, 5) is 3.91. The minimum atomic E-state index is -3.47. The molecular formula is C10H16N2O3S. The van der Waals surface area contributed by atoms with Gasteiger partial charge in [0.1, 0.15) is 4.90 Å². The first-order chi connectivity index (χ1) is 7.56. The maximum Gasteiger partial charge on any atom is 0.242 e. The van der Waals surface area contributed by atoms with Gasteiger partial charge >= 0.3 is 0 Å². The molecule has 1 aromatic rings. The molecule has 1 atom stereocenters. The highest BCUT2D eigenvalue weighted by Crippen LogP contribution is 2.07. The van der Waals surface area contributed by atoms with Crippen molar-refractivity contribution in [1.82, 2.24) is 9.71 Å². The predicted molar refractivity (Wildman–Crippen MR) is 60.3 cm³/mol. The molecule has 0 saturated carbocycles. The number of sulfonamides is 1. The van der Waals surface area contributed by atoms with Crippen molar-refractivity contribution in [2.24, 2.45) is 5.92 Å². The first-order valence-electron chi connectivity index (χ1n) is 5.07. The van der Waals surface area contributed by atoms with E-state index in [4.69, 9.17) is 5.11 Å². The average molecular weight is 244 g/mol. The van der Waals surface area contributed by atoms with E-state index in [9.17, 15) is 8.42 Å². The van der Waals surface area contributed by atoms with Crippen LogP contribution in [0.5, 0.6) is 0 Å². The summed E-state index contributed by atoms with van der Waals surface area (Å²) < 4.78 is 25.9. The molecule has 0 aliphatic rings. The van der Waals surface area contributed by atoms with Crippen molar-refractivity contribution in [1.29, 1.82) is 0 Å². The molecule has 0 bridgehead atoms. The summed E-state index contributed by atoms with van der Waals surface area (Å²) in [7, 11) is -3.47. The zero-order valence-electron chi connectivity index (χ0n) is 9.13. The van der Waals surface area contributed by atoms with Crippen molar-refractivity contribution in [3.63, 3.8) is 0 Å². The van der Waals surface area contributed by atoms with Crippen molar-refractivity contribution in [2.45, 2.75) is 18.2 Å². The van der Waals surface area contributed by atoms with Gasteiger partial charge in [0.25, 0.3) is 0 Å². The number of aromatic nitrogens is 1. The van der Waals surface area contributed by atoms with Gasteiger partial charge < -0.3 is 5.11 Å². The second-order valence-corrected chi connectivity index (χ2v) is 5.43. The first-order valence-corrected chi connectivity index (χ1v) is 6.55. The van der Waals surface area contributed by atoms with Crippen LogP contribution >= 0.6 is 0 Å². The highest BCUT2D eigenvalue weighted by Gasteiger charge is 2.14. The van der Waals surface area contributed by atoms with Crippen molar-refractivity contribution in [3.05, 3.63) is 24.5 Å². The van der Waals surface area contributed by atoms with Gasteiger partial charge in [0.05, 0.1) is 0 Å². The third kappa shape index (κ3) is 3.88. The fraction of sp³-hybridized carbons (Fsp3) is 0.500. The summed E-state index contributed by atoms with van der Waals surface area (Å²) in [6.07, 6.45) is 3.40. The van der Waals surface area contributed by atoms with Crippen molar-refractivity contribution < 1.29 is 13.5 Å². The van der Waals surface area contributed by atoms with Gasteiger partial charge in [0, 0.05) is 25.5 Å². The maximum atomic E-state index is 11.7. The van der Waals surface area contributed by atoms with Gasteiger partial charge in [-0.3, -0.25) is 4.98 Å². The lowest BCUT2D eigenvalue weighted by atomic mass is 10.1. The fourth-order valence-electron chi connectivity index (χ4n) is 1.16. The number of hydrogen-bond acceptors (Lipinski definition) is 4. The molecule has 0 aromatic carbocycles. The Labute approximate surface area is 95.6 Å². The lowest BCUT2D eigenvalue weighted by Gasteiger charge is -2.11. The van der Waals surface area contributed by atoms with Crippen LogP contribution in [0.1, 0.15) is 13.3 Å². The standard InChI is InChI=1S/C10H16N2O3S/c1-9(4-6-13)7-12-16(14,15)10-3-2-5-11-8-10/h2-3,5,8-9,12-13H,4,6-7H2,1H3. The van der Waals surface area contributed by atoms with Crippen LogP contribution < -0.4 is 4.72 Å². The summed E-state index contributed by atoms with van der Waals surface area (Å²) in [5.41, 5.74) is 0. The van der Waals surface area contributed by atoms with Crippen molar-refractivity contribution >= 4 is 10.0 Å². The Bertz CT molecular complexity index is 405. The Balaban J connectivity index is 2.60. The van der Waals surface area contributed by atoms with Crippen LogP contribution in [0.3, 0.4) is 0 Å². The smallest absolute Gasteiger partial charge is 0.242 e. The number of rotatable bonds is 6. The van der Waals surface area contributed by atoms with E-state index in [1.807, 2.05) is 6.92 Å². The van der Waals surface area contributed by atoms with Crippen LogP contribution in [0, 0.1) is 5.92 Å². The van der Waals surface area contributed by atoms with Gasteiger partial charge in [0.15, 0.2) is 0 Å². The molecule has 16 heavy (non-hydrogen) atoms. The molecule has 1 rings (SSSR count). The molecule has 0 aliphatic carbocycles. The monoisotopic (exact) mass is 244 g/mol. The van der Waals surface area contributed by atoms with Crippen LogP contribution in [0.2, 0.25) is 0 Å². The van der Waals surface area contributed by atoms with Gasteiger partial charge in [-0.25, -0.2) is 13.1 Å². The van der Waals surface area contributed by atoms with E-state index in [1.165, 1.54) is 18.5 Å². The highest BCUT2D eigenvalue weighted by molar-refractivity contribution is 7.89. The van der Waals surface area contributed by atoms with E-state index in [2.05, 4.69) is 9.71 Å². The molecule has 2 N–H and O–H groups in total. The van der Waals surface area contributed by atoms with Crippen LogP contribution in [-0.2, 0) is 10.0 Å². The Morgan fingerprint density at radius 1 is 1.56 bits per heavy atom. The Morgan fingerprint density at radius 3 is 2.88 bits per heavy atom. The van der Waals surface area contributed by atoms with Crippen LogP contribution in [-0.4, -0.2) is 31.7 Å². The zero-order chi connectivity index (χ0) is 12.0. The van der Waals surface area contributed by atoms with E-state index in [0.717, 1.165) is 0 Å². The van der Waals surface area contributed by atoms with E-state index in [-0.39, 0.29) is 17.4 Å². The topological polar surface area (TPSA) is 79.3 Å². The van der Waals surface area contributed by atoms with Gasteiger partial charge in [-0.1, -0.05) is 6.92 Å². The number of hydrogen-bond donors (Lipinski definition) is 2. The SMILES string of the molecule is CC(CCO)CNS(=O)(=O)c1cccnc1. The fourth-order valence-corrected chi connectivity index (χ4v) is 2.29. The van der Waals surface area contributed by atoms with Crippen LogP contribution in [0.4, 0.5) is 0 Å². The Hall–Kier alpha value is -0.980. The van der Waals surface area contributed by atoms with Gasteiger partial charge in [-0.05, 0) is 24.5 Å². The van der Waals surface area contributed by atoms with Crippen LogP contribution in [0.25, 0.3) is 0 Å². The molecule has 0 aliphatic heterocycles. The van der Waals surface area contributed by atoms with E-state index in [0.29, 0.717) is 13.0 Å². The first kappa shape index (κ1) is 13.1. The van der Waals surface area contributed by atoms with E-state index < -0.39 is 10.0 Å². The van der Waals surface area contributed by atoms with Crippen molar-refractivity contribution in [2.75, 3.05) is 13.2 Å². The predicted octanol–water partition coefficient (Wildman–Crippen LogP) is 0.378. The second-order valence-electron chi connectivity index (χ2n) is 3.66. The third-order valence-corrected chi connectivity index (χ3v) is 3.60. The summed E-state index contributed by atoms with van der Waals surface area (Å²) in [6.45, 7) is 2.26. The molecule has 0 spiro atoms. The Kier molecular flexibility index (Phi) is 4.85. The number of aliphatic hydroxyl groups is 1. The third-order valence-electron chi connectivity index (χ3n) is 2.19. The van der Waals surface area contributed by atoms with Gasteiger partial charge in [-0.2, -0.15) is 0 Å². The molecule has 5 nitrogen and oxygen atoms in total. The molecule has 0 radical (unpaired) electrons. The lowest BCUT2D eigenvalue weighted by Crippen LogP contribution is -2.28. The minimum Gasteiger partial charge on any atom is -0.396 e. The number of nitrogens with one attached hydrogen (secondary N) is 1.